The van der Waals surface area contributed by atoms with E-state index in [1.54, 1.807) is 12.1 Å². The van der Waals surface area contributed by atoms with Crippen LogP contribution in [0.3, 0.4) is 0 Å². The van der Waals surface area contributed by atoms with Gasteiger partial charge in [0.25, 0.3) is 0 Å². The van der Waals surface area contributed by atoms with Crippen molar-refractivity contribution in [1.29, 1.82) is 0 Å². The SMILES string of the molecule is CCN1CCC(=O)C1c1ccc(O)cc1. The van der Waals surface area contributed by atoms with Crippen LogP contribution < -0.4 is 0 Å². The summed E-state index contributed by atoms with van der Waals surface area (Å²) in [5, 5.41) is 9.19. The molecule has 1 heterocycles. The number of benzene rings is 1. The molecular formula is C12H15NO2. The predicted molar refractivity (Wildman–Crippen MR) is 57.7 cm³/mol. The number of rotatable bonds is 2. The summed E-state index contributed by atoms with van der Waals surface area (Å²) in [6.45, 7) is 3.80. The van der Waals surface area contributed by atoms with Gasteiger partial charge in [-0.1, -0.05) is 19.1 Å². The van der Waals surface area contributed by atoms with Gasteiger partial charge in [0.2, 0.25) is 0 Å². The second-order valence-corrected chi connectivity index (χ2v) is 3.84. The Morgan fingerprint density at radius 2 is 2.07 bits per heavy atom. The number of carbonyl (C=O) groups is 1. The first-order chi connectivity index (χ1) is 7.22. The maximum Gasteiger partial charge on any atom is 0.155 e. The Bertz CT molecular complexity index is 358. The highest BCUT2D eigenvalue weighted by atomic mass is 16.3. The highest BCUT2D eigenvalue weighted by Gasteiger charge is 2.32. The van der Waals surface area contributed by atoms with Crippen molar-refractivity contribution in [2.75, 3.05) is 13.1 Å². The number of phenolic OH excluding ortho intramolecular Hbond substituents is 1. The first kappa shape index (κ1) is 10.2. The van der Waals surface area contributed by atoms with Gasteiger partial charge in [0.15, 0.2) is 5.78 Å². The van der Waals surface area contributed by atoms with Crippen LogP contribution >= 0.6 is 0 Å². The van der Waals surface area contributed by atoms with Crippen molar-refractivity contribution in [3.63, 3.8) is 0 Å². The molecule has 0 spiro atoms. The number of ketones is 1. The number of Topliss-reactive ketones (excluding diaryl/α,β-unsaturated/α-hetero) is 1. The third-order valence-electron chi connectivity index (χ3n) is 2.93. The smallest absolute Gasteiger partial charge is 0.155 e. The lowest BCUT2D eigenvalue weighted by molar-refractivity contribution is -0.120. The minimum Gasteiger partial charge on any atom is -0.508 e. The van der Waals surface area contributed by atoms with E-state index in [2.05, 4.69) is 11.8 Å². The van der Waals surface area contributed by atoms with Crippen molar-refractivity contribution in [1.82, 2.24) is 4.90 Å². The minimum atomic E-state index is -0.101. The van der Waals surface area contributed by atoms with Crippen LogP contribution in [-0.2, 0) is 4.79 Å². The predicted octanol–water partition coefficient (Wildman–Crippen LogP) is 1.73. The lowest BCUT2D eigenvalue weighted by atomic mass is 10.0. The number of likely N-dealkylation sites (N-methyl/N-ethyl adjacent to an activating group) is 1. The summed E-state index contributed by atoms with van der Waals surface area (Å²) in [5.74, 6) is 0.523. The summed E-state index contributed by atoms with van der Waals surface area (Å²) >= 11 is 0. The molecule has 1 aliphatic rings. The number of hydrogen-bond acceptors (Lipinski definition) is 3. The minimum absolute atomic E-state index is 0.101. The van der Waals surface area contributed by atoms with E-state index in [1.807, 2.05) is 12.1 Å². The van der Waals surface area contributed by atoms with Crippen LogP contribution in [0.15, 0.2) is 24.3 Å². The summed E-state index contributed by atoms with van der Waals surface area (Å²) < 4.78 is 0. The molecule has 3 nitrogen and oxygen atoms in total. The van der Waals surface area contributed by atoms with Gasteiger partial charge in [-0.3, -0.25) is 9.69 Å². The molecule has 1 unspecified atom stereocenters. The number of carbonyl (C=O) groups excluding carboxylic acids is 1. The topological polar surface area (TPSA) is 40.5 Å². The van der Waals surface area contributed by atoms with E-state index in [4.69, 9.17) is 0 Å². The lowest BCUT2D eigenvalue weighted by Crippen LogP contribution is -2.25. The molecule has 0 aromatic heterocycles. The van der Waals surface area contributed by atoms with E-state index < -0.39 is 0 Å². The molecule has 0 aliphatic carbocycles. The van der Waals surface area contributed by atoms with Crippen LogP contribution in [0.2, 0.25) is 0 Å². The number of aromatic hydroxyl groups is 1. The molecule has 15 heavy (non-hydrogen) atoms. The van der Waals surface area contributed by atoms with Gasteiger partial charge in [0.05, 0.1) is 6.04 Å². The third-order valence-corrected chi connectivity index (χ3v) is 2.93. The summed E-state index contributed by atoms with van der Waals surface area (Å²) in [5.41, 5.74) is 0.983. The normalized spacial score (nSPS) is 22.2. The van der Waals surface area contributed by atoms with Gasteiger partial charge >= 0.3 is 0 Å². The van der Waals surface area contributed by atoms with Crippen molar-refractivity contribution >= 4 is 5.78 Å². The maximum absolute atomic E-state index is 11.7. The average Bonchev–Trinajstić information content (AvgIpc) is 2.61. The fourth-order valence-corrected chi connectivity index (χ4v) is 2.12. The van der Waals surface area contributed by atoms with Crippen LogP contribution in [0.4, 0.5) is 0 Å². The summed E-state index contributed by atoms with van der Waals surface area (Å²) in [7, 11) is 0. The summed E-state index contributed by atoms with van der Waals surface area (Å²) in [6, 6.07) is 6.82. The molecule has 0 radical (unpaired) electrons. The van der Waals surface area contributed by atoms with Gasteiger partial charge in [-0.15, -0.1) is 0 Å². The highest BCUT2D eigenvalue weighted by Crippen LogP contribution is 2.29. The number of phenols is 1. The van der Waals surface area contributed by atoms with Crippen LogP contribution in [0.1, 0.15) is 24.9 Å². The van der Waals surface area contributed by atoms with Gasteiger partial charge in [0.1, 0.15) is 5.75 Å². The molecule has 80 valence electrons. The molecule has 0 amide bonds. The second kappa shape index (κ2) is 4.03. The Kier molecular flexibility index (Phi) is 2.73. The molecule has 1 fully saturated rings. The monoisotopic (exact) mass is 205 g/mol. The quantitative estimate of drug-likeness (QED) is 0.799. The Hall–Kier alpha value is -1.35. The third kappa shape index (κ3) is 1.88. The molecule has 1 atom stereocenters. The van der Waals surface area contributed by atoms with Crippen molar-refractivity contribution in [2.24, 2.45) is 0 Å². The maximum atomic E-state index is 11.7. The van der Waals surface area contributed by atoms with E-state index in [0.717, 1.165) is 18.7 Å². The van der Waals surface area contributed by atoms with E-state index in [1.165, 1.54) is 0 Å². The molecular weight excluding hydrogens is 190 g/mol. The second-order valence-electron chi connectivity index (χ2n) is 3.84. The van der Waals surface area contributed by atoms with Crippen molar-refractivity contribution < 1.29 is 9.90 Å². The van der Waals surface area contributed by atoms with E-state index in [9.17, 15) is 9.90 Å². The molecule has 2 rings (SSSR count). The van der Waals surface area contributed by atoms with Crippen molar-refractivity contribution in [3.8, 4) is 5.75 Å². The molecule has 0 bridgehead atoms. The highest BCUT2D eigenvalue weighted by molar-refractivity contribution is 5.87. The van der Waals surface area contributed by atoms with Crippen LogP contribution in [0, 0.1) is 0 Å². The molecule has 1 aliphatic heterocycles. The number of hydrogen-bond donors (Lipinski definition) is 1. The number of nitrogens with zero attached hydrogens (tertiary/aromatic N) is 1. The van der Waals surface area contributed by atoms with Gasteiger partial charge in [0, 0.05) is 13.0 Å². The van der Waals surface area contributed by atoms with Gasteiger partial charge in [-0.05, 0) is 24.2 Å². The zero-order valence-electron chi connectivity index (χ0n) is 8.81. The van der Waals surface area contributed by atoms with E-state index >= 15 is 0 Å². The average molecular weight is 205 g/mol. The molecule has 1 aromatic carbocycles. The zero-order chi connectivity index (χ0) is 10.8. The molecule has 3 heteroatoms. The molecule has 1 aromatic rings. The Balaban J connectivity index is 2.28. The van der Waals surface area contributed by atoms with Crippen LogP contribution in [0.25, 0.3) is 0 Å². The van der Waals surface area contributed by atoms with Crippen molar-refractivity contribution in [3.05, 3.63) is 29.8 Å². The van der Waals surface area contributed by atoms with Gasteiger partial charge in [-0.25, -0.2) is 0 Å². The lowest BCUT2D eigenvalue weighted by Gasteiger charge is -2.21. The van der Waals surface area contributed by atoms with Gasteiger partial charge < -0.3 is 5.11 Å². The first-order valence-corrected chi connectivity index (χ1v) is 5.28. The molecule has 0 saturated carbocycles. The fraction of sp³-hybridized carbons (Fsp3) is 0.417. The fourth-order valence-electron chi connectivity index (χ4n) is 2.12. The Morgan fingerprint density at radius 1 is 1.40 bits per heavy atom. The summed E-state index contributed by atoms with van der Waals surface area (Å²) in [6.07, 6.45) is 0.638. The molecule has 1 N–H and O–H groups in total. The van der Waals surface area contributed by atoms with Gasteiger partial charge in [-0.2, -0.15) is 0 Å². The van der Waals surface area contributed by atoms with Crippen LogP contribution in [-0.4, -0.2) is 28.9 Å². The standard InChI is InChI=1S/C12H15NO2/c1-2-13-8-7-11(15)12(13)9-3-5-10(14)6-4-9/h3-6,12,14H,2,7-8H2,1H3. The zero-order valence-corrected chi connectivity index (χ0v) is 8.81. The summed E-state index contributed by atoms with van der Waals surface area (Å²) in [4.78, 5) is 13.9. The van der Waals surface area contributed by atoms with E-state index in [-0.39, 0.29) is 17.6 Å². The Labute approximate surface area is 89.3 Å². The largest absolute Gasteiger partial charge is 0.508 e. The number of likely N-dealkylation sites (tertiary alicyclic amines) is 1. The Morgan fingerprint density at radius 3 is 2.67 bits per heavy atom. The van der Waals surface area contributed by atoms with Crippen LogP contribution in [0.5, 0.6) is 5.75 Å². The van der Waals surface area contributed by atoms with E-state index in [0.29, 0.717) is 6.42 Å². The van der Waals surface area contributed by atoms with Crippen molar-refractivity contribution in [2.45, 2.75) is 19.4 Å². The molecule has 1 saturated heterocycles. The first-order valence-electron chi connectivity index (χ1n) is 5.28.